The van der Waals surface area contributed by atoms with Crippen molar-refractivity contribution in [1.82, 2.24) is 14.7 Å². The zero-order chi connectivity index (χ0) is 17.8. The summed E-state index contributed by atoms with van der Waals surface area (Å²) in [5, 5.41) is 5.93. The van der Waals surface area contributed by atoms with Crippen LogP contribution in [0, 0.1) is 5.92 Å². The van der Waals surface area contributed by atoms with Crippen LogP contribution in [0.1, 0.15) is 19.8 Å². The number of ether oxygens (including phenoxy) is 1. The van der Waals surface area contributed by atoms with Crippen LogP contribution in [-0.4, -0.2) is 46.3 Å². The molecule has 3 rings (SSSR count). The highest BCUT2D eigenvalue weighted by molar-refractivity contribution is 7.13. The Morgan fingerprint density at radius 3 is 3.04 bits per heavy atom. The molecule has 9 heteroatoms. The quantitative estimate of drug-likeness (QED) is 0.743. The summed E-state index contributed by atoms with van der Waals surface area (Å²) in [5.74, 6) is -1.32. The van der Waals surface area contributed by atoms with E-state index in [1.54, 1.807) is 17.9 Å². The van der Waals surface area contributed by atoms with Gasteiger partial charge in [-0.05, 0) is 31.2 Å². The first-order chi connectivity index (χ1) is 12.1. The van der Waals surface area contributed by atoms with E-state index in [4.69, 9.17) is 9.15 Å². The van der Waals surface area contributed by atoms with Gasteiger partial charge < -0.3 is 14.1 Å². The second-order valence-electron chi connectivity index (χ2n) is 5.74. The van der Waals surface area contributed by atoms with E-state index in [9.17, 15) is 14.4 Å². The van der Waals surface area contributed by atoms with E-state index in [2.05, 4.69) is 5.10 Å². The average molecular weight is 365 g/mol. The third-order valence-corrected chi connectivity index (χ3v) is 4.88. The minimum atomic E-state index is -0.671. The highest BCUT2D eigenvalue weighted by atomic mass is 32.1. The van der Waals surface area contributed by atoms with Gasteiger partial charge in [0.05, 0.1) is 17.4 Å². The summed E-state index contributed by atoms with van der Waals surface area (Å²) < 4.78 is 11.2. The van der Waals surface area contributed by atoms with Crippen molar-refractivity contribution in [3.05, 3.63) is 28.1 Å². The first kappa shape index (κ1) is 17.4. The summed E-state index contributed by atoms with van der Waals surface area (Å²) in [7, 11) is 0. The van der Waals surface area contributed by atoms with Gasteiger partial charge >= 0.3 is 11.7 Å². The van der Waals surface area contributed by atoms with Gasteiger partial charge in [0.25, 0.3) is 5.89 Å². The van der Waals surface area contributed by atoms with Crippen LogP contribution in [0.2, 0.25) is 0 Å². The lowest BCUT2D eigenvalue weighted by molar-refractivity contribution is -0.151. The molecule has 134 valence electrons. The Morgan fingerprint density at radius 2 is 2.32 bits per heavy atom. The van der Waals surface area contributed by atoms with Gasteiger partial charge in [0.2, 0.25) is 5.91 Å². The van der Waals surface area contributed by atoms with Gasteiger partial charge in [0, 0.05) is 13.1 Å². The number of thiophene rings is 1. The number of likely N-dealkylation sites (tertiary alicyclic amines) is 1. The predicted molar refractivity (Wildman–Crippen MR) is 90.0 cm³/mol. The third kappa shape index (κ3) is 3.98. The fourth-order valence-corrected chi connectivity index (χ4v) is 3.43. The van der Waals surface area contributed by atoms with Crippen molar-refractivity contribution in [1.29, 1.82) is 0 Å². The Hall–Kier alpha value is -2.42. The van der Waals surface area contributed by atoms with Crippen LogP contribution in [0.4, 0.5) is 0 Å². The van der Waals surface area contributed by atoms with Crippen LogP contribution >= 0.6 is 11.3 Å². The van der Waals surface area contributed by atoms with Crippen molar-refractivity contribution in [2.24, 2.45) is 5.92 Å². The molecule has 0 N–H and O–H groups in total. The number of esters is 1. The fourth-order valence-electron chi connectivity index (χ4n) is 2.79. The number of piperidine rings is 1. The molecule has 1 fully saturated rings. The Labute approximate surface area is 148 Å². The van der Waals surface area contributed by atoms with Crippen LogP contribution in [0.15, 0.2) is 26.7 Å². The van der Waals surface area contributed by atoms with Crippen LogP contribution in [0.3, 0.4) is 0 Å². The molecule has 1 aliphatic heterocycles. The maximum Gasteiger partial charge on any atom is 0.437 e. The van der Waals surface area contributed by atoms with E-state index >= 15 is 0 Å². The molecular weight excluding hydrogens is 346 g/mol. The predicted octanol–water partition coefficient (Wildman–Crippen LogP) is 1.37. The lowest BCUT2D eigenvalue weighted by Crippen LogP contribution is -2.44. The number of nitrogens with zero attached hydrogens (tertiary/aromatic N) is 3. The lowest BCUT2D eigenvalue weighted by Gasteiger charge is -2.31. The van der Waals surface area contributed by atoms with E-state index in [1.165, 1.54) is 11.3 Å². The van der Waals surface area contributed by atoms with Crippen LogP contribution in [0.25, 0.3) is 10.8 Å². The molecule has 1 aliphatic rings. The van der Waals surface area contributed by atoms with Crippen molar-refractivity contribution in [2.45, 2.75) is 26.3 Å². The molecule has 0 bridgehead atoms. The zero-order valence-corrected chi connectivity index (χ0v) is 14.7. The van der Waals surface area contributed by atoms with E-state index < -0.39 is 5.76 Å². The Morgan fingerprint density at radius 1 is 1.48 bits per heavy atom. The highest BCUT2D eigenvalue weighted by Gasteiger charge is 2.29. The van der Waals surface area contributed by atoms with Crippen LogP contribution in [-0.2, 0) is 20.9 Å². The molecule has 1 atom stereocenters. The minimum absolute atomic E-state index is 0.204. The molecule has 0 aliphatic carbocycles. The van der Waals surface area contributed by atoms with E-state index in [0.717, 1.165) is 16.0 Å². The van der Waals surface area contributed by atoms with Crippen molar-refractivity contribution in [3.8, 4) is 10.8 Å². The van der Waals surface area contributed by atoms with Crippen molar-refractivity contribution in [3.63, 3.8) is 0 Å². The molecule has 1 unspecified atom stereocenters. The summed E-state index contributed by atoms with van der Waals surface area (Å²) in [5.41, 5.74) is 0. The van der Waals surface area contributed by atoms with Crippen LogP contribution in [0.5, 0.6) is 0 Å². The maximum absolute atomic E-state index is 12.5. The number of carbonyl (C=O) groups excluding carboxylic acids is 2. The van der Waals surface area contributed by atoms with E-state index in [1.807, 2.05) is 11.4 Å². The summed E-state index contributed by atoms with van der Waals surface area (Å²) in [6.45, 7) is 2.74. The van der Waals surface area contributed by atoms with Gasteiger partial charge in [-0.2, -0.15) is 4.68 Å². The molecule has 0 saturated carbocycles. The van der Waals surface area contributed by atoms with E-state index in [-0.39, 0.29) is 30.2 Å². The zero-order valence-electron chi connectivity index (χ0n) is 13.8. The summed E-state index contributed by atoms with van der Waals surface area (Å²) in [4.78, 5) is 38.6. The number of rotatable bonds is 5. The molecule has 25 heavy (non-hydrogen) atoms. The van der Waals surface area contributed by atoms with Crippen molar-refractivity contribution in [2.75, 3.05) is 19.7 Å². The Kier molecular flexibility index (Phi) is 5.32. The third-order valence-electron chi connectivity index (χ3n) is 4.02. The summed E-state index contributed by atoms with van der Waals surface area (Å²) in [6, 6.07) is 3.62. The maximum atomic E-state index is 12.5. The van der Waals surface area contributed by atoms with Crippen molar-refractivity contribution >= 4 is 23.2 Å². The number of amides is 1. The number of hydrogen-bond acceptors (Lipinski definition) is 7. The standard InChI is InChI=1S/C16H19N3O5S/c1-2-23-15(21)11-5-3-7-18(9-11)13(20)10-19-16(22)24-14(17-19)12-6-4-8-25-12/h4,6,8,11H,2-3,5,7,9-10H2,1H3. The molecule has 8 nitrogen and oxygen atoms in total. The van der Waals surface area contributed by atoms with Crippen molar-refractivity contribution < 1.29 is 18.7 Å². The topological polar surface area (TPSA) is 94.6 Å². The first-order valence-corrected chi connectivity index (χ1v) is 9.02. The first-order valence-electron chi connectivity index (χ1n) is 8.14. The molecule has 2 aromatic heterocycles. The molecule has 1 amide bonds. The SMILES string of the molecule is CCOC(=O)C1CCCN(C(=O)Cn2nc(-c3cccs3)oc2=O)C1. The molecular formula is C16H19N3O5S. The number of hydrogen-bond donors (Lipinski definition) is 0. The van der Waals surface area contributed by atoms with Gasteiger partial charge in [-0.25, -0.2) is 4.79 Å². The number of aromatic nitrogens is 2. The smallest absolute Gasteiger partial charge is 0.437 e. The van der Waals surface area contributed by atoms with Gasteiger partial charge in [-0.1, -0.05) is 6.07 Å². The second-order valence-corrected chi connectivity index (χ2v) is 6.69. The van der Waals surface area contributed by atoms with Crippen LogP contribution < -0.4 is 5.76 Å². The fraction of sp³-hybridized carbons (Fsp3) is 0.500. The largest absolute Gasteiger partial charge is 0.466 e. The minimum Gasteiger partial charge on any atom is -0.466 e. The molecule has 1 saturated heterocycles. The monoisotopic (exact) mass is 365 g/mol. The molecule has 0 radical (unpaired) electrons. The van der Waals surface area contributed by atoms with Gasteiger partial charge in [-0.15, -0.1) is 16.4 Å². The Bertz CT molecular complexity index is 795. The lowest BCUT2D eigenvalue weighted by atomic mass is 9.98. The number of carbonyl (C=O) groups is 2. The summed E-state index contributed by atoms with van der Waals surface area (Å²) in [6.07, 6.45) is 1.43. The van der Waals surface area contributed by atoms with Gasteiger partial charge in [0.15, 0.2) is 0 Å². The molecule has 0 aromatic carbocycles. The molecule has 3 heterocycles. The molecule has 0 spiro atoms. The van der Waals surface area contributed by atoms with Gasteiger partial charge in [0.1, 0.15) is 6.54 Å². The summed E-state index contributed by atoms with van der Waals surface area (Å²) >= 11 is 1.40. The van der Waals surface area contributed by atoms with Gasteiger partial charge in [-0.3, -0.25) is 9.59 Å². The van der Waals surface area contributed by atoms with E-state index in [0.29, 0.717) is 26.1 Å². The Balaban J connectivity index is 1.66. The molecule has 2 aromatic rings. The normalized spacial score (nSPS) is 17.5. The highest BCUT2D eigenvalue weighted by Crippen LogP contribution is 2.21. The average Bonchev–Trinajstić information content (AvgIpc) is 3.25. The second kappa shape index (κ2) is 7.64.